The fraction of sp³-hybridized carbons (Fsp3) is 0.333. The number of methoxy groups -OCH3 is 1. The Balaban J connectivity index is 1.89. The highest BCUT2D eigenvalue weighted by Gasteiger charge is 2.45. The minimum atomic E-state index is -4.71. The Hall–Kier alpha value is -3.45. The number of aldehydes is 1. The summed E-state index contributed by atoms with van der Waals surface area (Å²) in [7, 11) is 1.32. The third kappa shape index (κ3) is 5.37. The van der Waals surface area contributed by atoms with E-state index in [-0.39, 0.29) is 23.2 Å². The highest BCUT2D eigenvalue weighted by molar-refractivity contribution is 7.80. The van der Waals surface area contributed by atoms with E-state index in [1.807, 2.05) is 0 Å². The number of carbonyl (C=O) groups excluding carboxylic acids is 2. The number of benzene rings is 2. The van der Waals surface area contributed by atoms with Crippen molar-refractivity contribution in [1.82, 2.24) is 0 Å². The van der Waals surface area contributed by atoms with Crippen LogP contribution in [0.5, 0.6) is 0 Å². The summed E-state index contributed by atoms with van der Waals surface area (Å²) in [5, 5.41) is 11.9. The molecule has 0 aliphatic heterocycles. The fourth-order valence-electron chi connectivity index (χ4n) is 3.80. The molecule has 0 unspecified atom stereocenters. The standard InChI is InChI=1S/C24H22F3N3O3S/c1-33-21(32)10-5-16-3-8-19(9-4-16)30(23(15-31)11-2-12-23)22(34)29-18-7-6-17(14-28)20(13-18)24(25,26)27/h3-4,6-9,13,15H,2,5,10-12H2,1H3,(H,29,34). The minimum absolute atomic E-state index is 0.0522. The van der Waals surface area contributed by atoms with Crippen molar-refractivity contribution in [3.8, 4) is 6.07 Å². The van der Waals surface area contributed by atoms with Gasteiger partial charge in [-0.1, -0.05) is 12.1 Å². The molecular weight excluding hydrogens is 467 g/mol. The van der Waals surface area contributed by atoms with Crippen molar-refractivity contribution in [1.29, 1.82) is 5.26 Å². The Morgan fingerprint density at radius 1 is 1.26 bits per heavy atom. The Kier molecular flexibility index (Phi) is 7.57. The van der Waals surface area contributed by atoms with Crippen LogP contribution < -0.4 is 10.2 Å². The zero-order chi connectivity index (χ0) is 24.9. The van der Waals surface area contributed by atoms with Gasteiger partial charge in [0.15, 0.2) is 5.11 Å². The van der Waals surface area contributed by atoms with Crippen molar-refractivity contribution in [2.24, 2.45) is 0 Å². The van der Waals surface area contributed by atoms with Gasteiger partial charge in [-0.2, -0.15) is 18.4 Å². The molecule has 1 aliphatic carbocycles. The fourth-order valence-corrected chi connectivity index (χ4v) is 4.21. The second-order valence-electron chi connectivity index (χ2n) is 7.95. The topological polar surface area (TPSA) is 82.4 Å². The highest BCUT2D eigenvalue weighted by atomic mass is 32.1. The molecule has 0 bridgehead atoms. The summed E-state index contributed by atoms with van der Waals surface area (Å²) in [6, 6.07) is 11.9. The molecule has 1 N–H and O–H groups in total. The molecule has 10 heteroatoms. The second kappa shape index (κ2) is 10.2. The lowest BCUT2D eigenvalue weighted by Crippen LogP contribution is -2.59. The molecule has 178 valence electrons. The van der Waals surface area contributed by atoms with Crippen LogP contribution in [-0.4, -0.2) is 30.0 Å². The van der Waals surface area contributed by atoms with Crippen LogP contribution in [0.1, 0.15) is 42.4 Å². The summed E-state index contributed by atoms with van der Waals surface area (Å²) in [6.45, 7) is 0. The van der Waals surface area contributed by atoms with Gasteiger partial charge in [0.1, 0.15) is 11.8 Å². The quantitative estimate of drug-likeness (QED) is 0.333. The SMILES string of the molecule is COC(=O)CCc1ccc(N(C(=S)Nc2ccc(C#N)c(C(F)(F)F)c2)C2(C=O)CCC2)cc1. The number of nitriles is 1. The lowest BCUT2D eigenvalue weighted by molar-refractivity contribution is -0.140. The maximum Gasteiger partial charge on any atom is 0.417 e. The van der Waals surface area contributed by atoms with E-state index in [4.69, 9.17) is 17.5 Å². The number of esters is 1. The number of nitrogens with zero attached hydrogens (tertiary/aromatic N) is 2. The van der Waals surface area contributed by atoms with E-state index in [0.29, 0.717) is 24.9 Å². The molecule has 0 amide bonds. The lowest BCUT2D eigenvalue weighted by atomic mass is 9.76. The molecule has 2 aromatic carbocycles. The van der Waals surface area contributed by atoms with Crippen molar-refractivity contribution >= 4 is 41.0 Å². The van der Waals surface area contributed by atoms with E-state index >= 15 is 0 Å². The van der Waals surface area contributed by atoms with Crippen LogP contribution in [0.2, 0.25) is 0 Å². The van der Waals surface area contributed by atoms with Crippen molar-refractivity contribution < 1.29 is 27.5 Å². The van der Waals surface area contributed by atoms with E-state index in [9.17, 15) is 22.8 Å². The number of hydrogen-bond donors (Lipinski definition) is 1. The predicted octanol–water partition coefficient (Wildman–Crippen LogP) is 5.01. The molecule has 34 heavy (non-hydrogen) atoms. The summed E-state index contributed by atoms with van der Waals surface area (Å²) in [5.41, 5.74) is -0.947. The third-order valence-corrected chi connectivity index (χ3v) is 6.11. The molecule has 0 spiro atoms. The minimum Gasteiger partial charge on any atom is -0.469 e. The molecule has 2 aromatic rings. The number of alkyl halides is 3. The molecule has 0 radical (unpaired) electrons. The maximum absolute atomic E-state index is 13.4. The summed E-state index contributed by atoms with van der Waals surface area (Å²) in [6.07, 6.45) is -1.30. The molecule has 1 aliphatic rings. The van der Waals surface area contributed by atoms with Crippen molar-refractivity contribution in [3.05, 3.63) is 59.2 Å². The van der Waals surface area contributed by atoms with Crippen LogP contribution in [0.15, 0.2) is 42.5 Å². The van der Waals surface area contributed by atoms with Gasteiger partial charge in [0.25, 0.3) is 0 Å². The first-order valence-corrected chi connectivity index (χ1v) is 10.9. The smallest absolute Gasteiger partial charge is 0.417 e. The largest absolute Gasteiger partial charge is 0.469 e. The molecule has 0 aromatic heterocycles. The third-order valence-electron chi connectivity index (χ3n) is 5.82. The summed E-state index contributed by atoms with van der Waals surface area (Å²) < 4.78 is 44.7. The van der Waals surface area contributed by atoms with E-state index in [0.717, 1.165) is 30.4 Å². The predicted molar refractivity (Wildman–Crippen MR) is 124 cm³/mol. The Morgan fingerprint density at radius 2 is 1.94 bits per heavy atom. The molecular formula is C24H22F3N3O3S. The number of rotatable bonds is 7. The van der Waals surface area contributed by atoms with E-state index < -0.39 is 22.8 Å². The number of nitrogens with one attached hydrogen (secondary N) is 1. The Labute approximate surface area is 200 Å². The average Bonchev–Trinajstić information content (AvgIpc) is 2.79. The van der Waals surface area contributed by atoms with Crippen LogP contribution in [0.4, 0.5) is 24.5 Å². The molecule has 1 fully saturated rings. The van der Waals surface area contributed by atoms with E-state index in [1.54, 1.807) is 35.2 Å². The summed E-state index contributed by atoms with van der Waals surface area (Å²) in [5.74, 6) is -0.328. The average molecular weight is 490 g/mol. The van der Waals surface area contributed by atoms with Gasteiger partial charge in [0, 0.05) is 17.8 Å². The first kappa shape index (κ1) is 25.2. The number of hydrogen-bond acceptors (Lipinski definition) is 5. The van der Waals surface area contributed by atoms with E-state index in [2.05, 4.69) is 10.1 Å². The van der Waals surface area contributed by atoms with Crippen LogP contribution in [-0.2, 0) is 26.9 Å². The monoisotopic (exact) mass is 489 g/mol. The van der Waals surface area contributed by atoms with Gasteiger partial charge in [-0.05, 0) is 73.8 Å². The van der Waals surface area contributed by atoms with E-state index in [1.165, 1.54) is 13.2 Å². The molecule has 6 nitrogen and oxygen atoms in total. The number of aryl methyl sites for hydroxylation is 1. The normalized spacial score (nSPS) is 14.3. The Bertz CT molecular complexity index is 1120. The van der Waals surface area contributed by atoms with Gasteiger partial charge < -0.3 is 19.7 Å². The summed E-state index contributed by atoms with van der Waals surface area (Å²) in [4.78, 5) is 25.1. The molecule has 0 saturated heterocycles. The van der Waals surface area contributed by atoms with Gasteiger partial charge in [-0.3, -0.25) is 4.79 Å². The van der Waals surface area contributed by atoms with Crippen LogP contribution >= 0.6 is 12.2 Å². The van der Waals surface area contributed by atoms with Crippen molar-refractivity contribution in [2.45, 2.75) is 43.8 Å². The molecule has 0 atom stereocenters. The lowest BCUT2D eigenvalue weighted by Gasteiger charge is -2.47. The zero-order valence-corrected chi connectivity index (χ0v) is 19.1. The van der Waals surface area contributed by atoms with Gasteiger partial charge in [-0.25, -0.2) is 0 Å². The highest BCUT2D eigenvalue weighted by Crippen LogP contribution is 2.40. The second-order valence-corrected chi connectivity index (χ2v) is 8.34. The van der Waals surface area contributed by atoms with Gasteiger partial charge in [-0.15, -0.1) is 0 Å². The number of thiocarbonyl (C=S) groups is 1. The first-order valence-electron chi connectivity index (χ1n) is 10.5. The molecule has 3 rings (SSSR count). The molecule has 0 heterocycles. The van der Waals surface area contributed by atoms with Gasteiger partial charge in [0.2, 0.25) is 0 Å². The molecule has 1 saturated carbocycles. The number of ether oxygens (including phenoxy) is 1. The zero-order valence-electron chi connectivity index (χ0n) is 18.3. The van der Waals surface area contributed by atoms with Crippen LogP contribution in [0.25, 0.3) is 0 Å². The number of carbonyl (C=O) groups is 2. The van der Waals surface area contributed by atoms with Crippen LogP contribution in [0, 0.1) is 11.3 Å². The van der Waals surface area contributed by atoms with Crippen LogP contribution in [0.3, 0.4) is 0 Å². The number of halogens is 3. The Morgan fingerprint density at radius 3 is 2.44 bits per heavy atom. The van der Waals surface area contributed by atoms with Gasteiger partial charge >= 0.3 is 12.1 Å². The first-order chi connectivity index (χ1) is 16.1. The van der Waals surface area contributed by atoms with Crippen molar-refractivity contribution in [2.75, 3.05) is 17.3 Å². The maximum atomic E-state index is 13.4. The van der Waals surface area contributed by atoms with Crippen molar-refractivity contribution in [3.63, 3.8) is 0 Å². The summed E-state index contributed by atoms with van der Waals surface area (Å²) >= 11 is 5.53. The van der Waals surface area contributed by atoms with Gasteiger partial charge in [0.05, 0.1) is 24.3 Å². The number of anilines is 2.